The third-order valence-electron chi connectivity index (χ3n) is 7.13. The highest BCUT2D eigenvalue weighted by Gasteiger charge is 2.25. The summed E-state index contributed by atoms with van der Waals surface area (Å²) in [6.07, 6.45) is 13.0. The summed E-state index contributed by atoms with van der Waals surface area (Å²) in [4.78, 5) is 31.7. The van der Waals surface area contributed by atoms with Gasteiger partial charge in [-0.3, -0.25) is 18.9 Å². The fourth-order valence-electron chi connectivity index (χ4n) is 5.07. The van der Waals surface area contributed by atoms with E-state index in [1.807, 2.05) is 23.2 Å². The Labute approximate surface area is 184 Å². The molecule has 1 aliphatic carbocycles. The molecule has 0 atom stereocenters. The predicted molar refractivity (Wildman–Crippen MR) is 120 cm³/mol. The van der Waals surface area contributed by atoms with Gasteiger partial charge in [-0.25, -0.2) is 4.79 Å². The molecular weight excluding hydrogens is 392 g/mol. The highest BCUT2D eigenvalue weighted by molar-refractivity contribution is 5.69. The van der Waals surface area contributed by atoms with Crippen molar-refractivity contribution in [1.82, 2.24) is 19.0 Å². The molecule has 0 bridgehead atoms. The van der Waals surface area contributed by atoms with Gasteiger partial charge in [0.25, 0.3) is 0 Å². The third-order valence-corrected chi connectivity index (χ3v) is 7.13. The van der Waals surface area contributed by atoms with Gasteiger partial charge in [-0.2, -0.15) is 0 Å². The summed E-state index contributed by atoms with van der Waals surface area (Å²) in [6.45, 7) is 5.36. The van der Waals surface area contributed by atoms with Gasteiger partial charge in [0.05, 0.1) is 19.0 Å². The molecule has 4 rings (SSSR count). The molecular formula is C24H34N4O3. The van der Waals surface area contributed by atoms with Crippen molar-refractivity contribution in [3.05, 3.63) is 46.4 Å². The quantitative estimate of drug-likeness (QED) is 0.664. The molecule has 2 aliphatic rings. The van der Waals surface area contributed by atoms with E-state index in [0.717, 1.165) is 76.0 Å². The molecule has 31 heavy (non-hydrogen) atoms. The minimum atomic E-state index is -0.132. The number of imidazole rings is 1. The molecule has 1 saturated carbocycles. The fourth-order valence-corrected chi connectivity index (χ4v) is 5.07. The van der Waals surface area contributed by atoms with E-state index in [2.05, 4.69) is 17.9 Å². The molecule has 0 saturated heterocycles. The Kier molecular flexibility index (Phi) is 6.90. The van der Waals surface area contributed by atoms with Gasteiger partial charge in [-0.1, -0.05) is 6.92 Å². The van der Waals surface area contributed by atoms with Crippen LogP contribution in [-0.4, -0.2) is 51.7 Å². The molecule has 3 heterocycles. The number of carbonyl (C=O) groups is 1. The molecule has 2 aromatic heterocycles. The van der Waals surface area contributed by atoms with E-state index in [1.54, 1.807) is 4.57 Å². The zero-order valence-corrected chi connectivity index (χ0v) is 18.8. The molecule has 1 fully saturated rings. The number of rotatable bonds is 6. The van der Waals surface area contributed by atoms with Gasteiger partial charge in [-0.05, 0) is 62.6 Å². The first-order valence-electron chi connectivity index (χ1n) is 11.7. The average Bonchev–Trinajstić information content (AvgIpc) is 3.06. The van der Waals surface area contributed by atoms with Gasteiger partial charge in [0.2, 0.25) is 0 Å². The Bertz CT molecular complexity index is 956. The van der Waals surface area contributed by atoms with E-state index in [1.165, 1.54) is 12.7 Å². The summed E-state index contributed by atoms with van der Waals surface area (Å²) in [5.41, 5.74) is 3.31. The van der Waals surface area contributed by atoms with Crippen LogP contribution in [0.5, 0.6) is 0 Å². The van der Waals surface area contributed by atoms with E-state index in [4.69, 9.17) is 9.72 Å². The topological polar surface area (TPSA) is 69.4 Å². The lowest BCUT2D eigenvalue weighted by molar-refractivity contribution is -0.141. The first kappa shape index (κ1) is 21.8. The van der Waals surface area contributed by atoms with Crippen molar-refractivity contribution >= 4 is 5.97 Å². The molecule has 0 radical (unpaired) electrons. The van der Waals surface area contributed by atoms with Crippen molar-refractivity contribution in [1.29, 1.82) is 0 Å². The number of ether oxygens (including phenoxy) is 1. The van der Waals surface area contributed by atoms with E-state index in [0.29, 0.717) is 12.3 Å². The van der Waals surface area contributed by atoms with Crippen LogP contribution < -0.4 is 5.69 Å². The van der Waals surface area contributed by atoms with Crippen LogP contribution in [0.25, 0.3) is 5.69 Å². The molecule has 2 aromatic rings. The summed E-state index contributed by atoms with van der Waals surface area (Å²) in [5.74, 6) is 0.414. The highest BCUT2D eigenvalue weighted by atomic mass is 16.5. The lowest BCUT2D eigenvalue weighted by Crippen LogP contribution is -2.29. The number of esters is 1. The number of pyridine rings is 1. The smallest absolute Gasteiger partial charge is 0.333 e. The van der Waals surface area contributed by atoms with Crippen molar-refractivity contribution in [2.24, 2.45) is 5.92 Å². The van der Waals surface area contributed by atoms with Crippen LogP contribution in [0.15, 0.2) is 29.5 Å². The summed E-state index contributed by atoms with van der Waals surface area (Å²) in [5, 5.41) is 0. The maximum absolute atomic E-state index is 13.2. The Morgan fingerprint density at radius 1 is 1.16 bits per heavy atom. The second-order valence-electron chi connectivity index (χ2n) is 8.88. The molecule has 0 unspecified atom stereocenters. The molecule has 7 nitrogen and oxygen atoms in total. The Balaban J connectivity index is 1.43. The largest absolute Gasteiger partial charge is 0.469 e. The van der Waals surface area contributed by atoms with Gasteiger partial charge in [0.1, 0.15) is 0 Å². The molecule has 7 heteroatoms. The summed E-state index contributed by atoms with van der Waals surface area (Å²) < 4.78 is 8.38. The lowest BCUT2D eigenvalue weighted by atomic mass is 9.83. The number of likely N-dealkylation sites (N-methyl/N-ethyl adjacent to an activating group) is 1. The van der Waals surface area contributed by atoms with Gasteiger partial charge >= 0.3 is 11.7 Å². The van der Waals surface area contributed by atoms with Crippen molar-refractivity contribution in [2.45, 2.75) is 64.3 Å². The number of carbonyl (C=O) groups excluding carboxylic acids is 1. The van der Waals surface area contributed by atoms with E-state index >= 15 is 0 Å². The summed E-state index contributed by atoms with van der Waals surface area (Å²) >= 11 is 0. The minimum absolute atomic E-state index is 0.0172. The van der Waals surface area contributed by atoms with E-state index in [9.17, 15) is 9.59 Å². The van der Waals surface area contributed by atoms with Crippen molar-refractivity contribution < 1.29 is 9.53 Å². The van der Waals surface area contributed by atoms with Crippen LogP contribution >= 0.6 is 0 Å². The highest BCUT2D eigenvalue weighted by Crippen LogP contribution is 2.34. The Morgan fingerprint density at radius 3 is 2.68 bits per heavy atom. The first-order valence-corrected chi connectivity index (χ1v) is 11.7. The zero-order valence-electron chi connectivity index (χ0n) is 18.8. The average molecular weight is 427 g/mol. The van der Waals surface area contributed by atoms with Crippen LogP contribution in [0, 0.1) is 5.92 Å². The van der Waals surface area contributed by atoms with Gasteiger partial charge in [0.15, 0.2) is 0 Å². The predicted octanol–water partition coefficient (Wildman–Crippen LogP) is 3.14. The Hall–Kier alpha value is -2.41. The van der Waals surface area contributed by atoms with Crippen LogP contribution in [0.4, 0.5) is 0 Å². The lowest BCUT2D eigenvalue weighted by Gasteiger charge is -2.28. The van der Waals surface area contributed by atoms with Crippen molar-refractivity contribution in [2.75, 3.05) is 26.7 Å². The van der Waals surface area contributed by atoms with E-state index < -0.39 is 0 Å². The molecule has 1 aliphatic heterocycles. The van der Waals surface area contributed by atoms with Crippen LogP contribution in [0.3, 0.4) is 0 Å². The number of hydrogen-bond donors (Lipinski definition) is 0. The zero-order chi connectivity index (χ0) is 21.8. The van der Waals surface area contributed by atoms with Crippen LogP contribution in [-0.2, 0) is 22.4 Å². The van der Waals surface area contributed by atoms with Gasteiger partial charge < -0.3 is 9.64 Å². The number of methoxy groups -OCH3 is 1. The number of nitrogens with zero attached hydrogens (tertiary/aromatic N) is 4. The minimum Gasteiger partial charge on any atom is -0.469 e. The van der Waals surface area contributed by atoms with E-state index in [-0.39, 0.29) is 17.7 Å². The summed E-state index contributed by atoms with van der Waals surface area (Å²) in [6, 6.07) is 2.38. The molecule has 0 aromatic carbocycles. The fraction of sp³-hybridized carbons (Fsp3) is 0.625. The standard InChI is InChI=1S/C24H34N4O3/c1-3-26-12-10-19-16-21(17-25-22(19)11-13-26)28-15-14-27(24(28)30)20-7-4-18(5-8-20)6-9-23(29)31-2/h14-18,20H,3-13H2,1-2H3. The Morgan fingerprint density at radius 2 is 1.94 bits per heavy atom. The third kappa shape index (κ3) is 4.92. The summed E-state index contributed by atoms with van der Waals surface area (Å²) in [7, 11) is 1.44. The van der Waals surface area contributed by atoms with Gasteiger partial charge in [-0.15, -0.1) is 0 Å². The van der Waals surface area contributed by atoms with Crippen molar-refractivity contribution in [3.63, 3.8) is 0 Å². The van der Waals surface area contributed by atoms with Crippen LogP contribution in [0.1, 0.15) is 62.7 Å². The molecule has 0 N–H and O–H groups in total. The number of hydrogen-bond acceptors (Lipinski definition) is 5. The second kappa shape index (κ2) is 9.81. The monoisotopic (exact) mass is 426 g/mol. The molecule has 168 valence electrons. The molecule has 0 spiro atoms. The van der Waals surface area contributed by atoms with Gasteiger partial charge in [0, 0.05) is 50.1 Å². The number of fused-ring (bicyclic) bond motifs is 1. The van der Waals surface area contributed by atoms with Crippen LogP contribution in [0.2, 0.25) is 0 Å². The molecule has 0 amide bonds. The maximum atomic E-state index is 13.2. The van der Waals surface area contributed by atoms with Crippen molar-refractivity contribution in [3.8, 4) is 5.69 Å². The SMILES string of the molecule is CCN1CCc2cc(-n3ccn(C4CCC(CCC(=O)OC)CC4)c3=O)cnc2CC1. The first-order chi connectivity index (χ1) is 15.1. The maximum Gasteiger partial charge on any atom is 0.333 e. The number of aromatic nitrogens is 3. The normalized spacial score (nSPS) is 22.0. The second-order valence-corrected chi connectivity index (χ2v) is 8.88.